The summed E-state index contributed by atoms with van der Waals surface area (Å²) in [6.45, 7) is 1.76. The van der Waals surface area contributed by atoms with Crippen molar-refractivity contribution in [2.24, 2.45) is 0 Å². The van der Waals surface area contributed by atoms with Crippen LogP contribution in [-0.4, -0.2) is 37.2 Å². The molecule has 1 N–H and O–H groups in total. The summed E-state index contributed by atoms with van der Waals surface area (Å²) in [7, 11) is 1.30. The monoisotopic (exact) mass is 340 g/mol. The quantitative estimate of drug-likeness (QED) is 0.669. The number of benzene rings is 2. The third-order valence-electron chi connectivity index (χ3n) is 4.71. The van der Waals surface area contributed by atoms with Crippen molar-refractivity contribution in [1.29, 1.82) is 0 Å². The van der Waals surface area contributed by atoms with E-state index in [2.05, 4.69) is 0 Å². The molecule has 1 aliphatic rings. The molecule has 5 nitrogen and oxygen atoms in total. The lowest BCUT2D eigenvalue weighted by Crippen LogP contribution is -2.33. The van der Waals surface area contributed by atoms with Gasteiger partial charge in [-0.15, -0.1) is 0 Å². The van der Waals surface area contributed by atoms with E-state index in [0.29, 0.717) is 16.9 Å². The number of esters is 1. The Morgan fingerprint density at radius 2 is 1.96 bits per heavy atom. The van der Waals surface area contributed by atoms with Crippen molar-refractivity contribution in [1.82, 2.24) is 0 Å². The molecule has 2 aromatic carbocycles. The van der Waals surface area contributed by atoms with Crippen LogP contribution in [0.1, 0.15) is 45.2 Å². The van der Waals surface area contributed by atoms with E-state index in [1.54, 1.807) is 13.0 Å². The molecule has 25 heavy (non-hydrogen) atoms. The number of Topliss-reactive ketones (excluding diaryl/α,β-unsaturated/α-hetero) is 1. The number of fused-ring (bicyclic) bond motifs is 1. The standard InChI is InChI=1S/C20H20O5/c1-3-17(22)15-9-13(19(23)24-2)10-16-18(15)25-12-20(16,11-21)14-7-5-4-6-8-14/h4-10,21H,3,11-12H2,1-2H3. The normalized spacial score (nSPS) is 18.4. The number of carbonyl (C=O) groups excluding carboxylic acids is 2. The molecule has 2 aromatic rings. The number of aliphatic hydroxyl groups is 1. The number of ketones is 1. The lowest BCUT2D eigenvalue weighted by Gasteiger charge is -2.26. The first-order valence-electron chi connectivity index (χ1n) is 8.16. The Labute approximate surface area is 146 Å². The van der Waals surface area contributed by atoms with Gasteiger partial charge in [0.15, 0.2) is 5.78 Å². The van der Waals surface area contributed by atoms with Crippen LogP contribution in [0.15, 0.2) is 42.5 Å². The van der Waals surface area contributed by atoms with Crippen LogP contribution < -0.4 is 4.74 Å². The molecule has 0 radical (unpaired) electrons. The van der Waals surface area contributed by atoms with Crippen LogP contribution in [0.2, 0.25) is 0 Å². The first-order chi connectivity index (χ1) is 12.1. The van der Waals surface area contributed by atoms with Gasteiger partial charge in [-0.05, 0) is 17.7 Å². The summed E-state index contributed by atoms with van der Waals surface area (Å²) in [5.41, 5.74) is 1.32. The SMILES string of the molecule is CCC(=O)c1cc(C(=O)OC)cc2c1OCC2(CO)c1ccccc1. The molecule has 0 amide bonds. The Kier molecular flexibility index (Phi) is 4.59. The zero-order valence-corrected chi connectivity index (χ0v) is 14.2. The zero-order valence-electron chi connectivity index (χ0n) is 14.2. The third-order valence-corrected chi connectivity index (χ3v) is 4.71. The molecule has 0 fully saturated rings. The van der Waals surface area contributed by atoms with Crippen LogP contribution in [0.25, 0.3) is 0 Å². The van der Waals surface area contributed by atoms with E-state index in [9.17, 15) is 14.7 Å². The van der Waals surface area contributed by atoms with Crippen molar-refractivity contribution in [3.05, 3.63) is 64.7 Å². The molecule has 3 rings (SSSR count). The summed E-state index contributed by atoms with van der Waals surface area (Å²) in [5, 5.41) is 10.2. The van der Waals surface area contributed by atoms with Crippen LogP contribution in [0.4, 0.5) is 0 Å². The summed E-state index contributed by atoms with van der Waals surface area (Å²) in [6.07, 6.45) is 0.290. The maximum Gasteiger partial charge on any atom is 0.337 e. The van der Waals surface area contributed by atoms with E-state index in [-0.39, 0.29) is 31.0 Å². The van der Waals surface area contributed by atoms with Crippen LogP contribution in [0.5, 0.6) is 5.75 Å². The molecule has 1 unspecified atom stereocenters. The summed E-state index contributed by atoms with van der Waals surface area (Å²) < 4.78 is 10.7. The van der Waals surface area contributed by atoms with Gasteiger partial charge in [0.05, 0.1) is 30.3 Å². The van der Waals surface area contributed by atoms with Crippen molar-refractivity contribution in [3.8, 4) is 5.75 Å². The molecule has 1 atom stereocenters. The Morgan fingerprint density at radius 1 is 1.24 bits per heavy atom. The highest BCUT2D eigenvalue weighted by Crippen LogP contribution is 2.46. The molecule has 0 saturated heterocycles. The molecule has 0 saturated carbocycles. The van der Waals surface area contributed by atoms with Gasteiger partial charge in [0.25, 0.3) is 0 Å². The lowest BCUT2D eigenvalue weighted by molar-refractivity contribution is 0.0600. The second kappa shape index (κ2) is 6.69. The number of rotatable bonds is 5. The van der Waals surface area contributed by atoms with Crippen LogP contribution in [-0.2, 0) is 10.2 Å². The van der Waals surface area contributed by atoms with E-state index in [1.165, 1.54) is 13.2 Å². The van der Waals surface area contributed by atoms with Gasteiger partial charge < -0.3 is 14.6 Å². The number of carbonyl (C=O) groups is 2. The highest BCUT2D eigenvalue weighted by molar-refractivity contribution is 6.02. The molecule has 1 heterocycles. The second-order valence-corrected chi connectivity index (χ2v) is 6.06. The van der Waals surface area contributed by atoms with Gasteiger partial charge in [0.2, 0.25) is 0 Å². The molecule has 130 valence electrons. The van der Waals surface area contributed by atoms with Crippen molar-refractivity contribution >= 4 is 11.8 Å². The van der Waals surface area contributed by atoms with Gasteiger partial charge in [-0.2, -0.15) is 0 Å². The van der Waals surface area contributed by atoms with E-state index in [1.807, 2.05) is 30.3 Å². The van der Waals surface area contributed by atoms with E-state index >= 15 is 0 Å². The average Bonchev–Trinajstić information content (AvgIpc) is 3.06. The number of methoxy groups -OCH3 is 1. The maximum atomic E-state index is 12.4. The van der Waals surface area contributed by atoms with Gasteiger partial charge in [0, 0.05) is 12.0 Å². The van der Waals surface area contributed by atoms with Gasteiger partial charge in [0.1, 0.15) is 12.4 Å². The van der Waals surface area contributed by atoms with Gasteiger partial charge >= 0.3 is 5.97 Å². The molecule has 0 aromatic heterocycles. The van der Waals surface area contributed by atoms with Crippen LogP contribution in [0, 0.1) is 0 Å². The fourth-order valence-electron chi connectivity index (χ4n) is 3.26. The van der Waals surface area contributed by atoms with Gasteiger partial charge in [-0.3, -0.25) is 4.79 Å². The van der Waals surface area contributed by atoms with Crippen LogP contribution in [0.3, 0.4) is 0 Å². The van der Waals surface area contributed by atoms with Crippen molar-refractivity contribution in [3.63, 3.8) is 0 Å². The maximum absolute atomic E-state index is 12.4. The molecular weight excluding hydrogens is 320 g/mol. The van der Waals surface area contributed by atoms with Crippen molar-refractivity contribution in [2.75, 3.05) is 20.3 Å². The summed E-state index contributed by atoms with van der Waals surface area (Å²) >= 11 is 0. The minimum absolute atomic E-state index is 0.121. The third kappa shape index (κ3) is 2.70. The Balaban J connectivity index is 2.27. The smallest absolute Gasteiger partial charge is 0.337 e. The molecule has 5 heteroatoms. The fraction of sp³-hybridized carbons (Fsp3) is 0.300. The van der Waals surface area contributed by atoms with Crippen LogP contribution >= 0.6 is 0 Å². The van der Waals surface area contributed by atoms with Gasteiger partial charge in [-0.1, -0.05) is 37.3 Å². The summed E-state index contributed by atoms with van der Waals surface area (Å²) in [6, 6.07) is 12.6. The Morgan fingerprint density at radius 3 is 2.56 bits per heavy atom. The van der Waals surface area contributed by atoms with Crippen molar-refractivity contribution < 1.29 is 24.2 Å². The predicted octanol–water partition coefficient (Wildman–Crippen LogP) is 2.74. The Hall–Kier alpha value is -2.66. The molecule has 0 aliphatic carbocycles. The second-order valence-electron chi connectivity index (χ2n) is 6.06. The highest BCUT2D eigenvalue weighted by Gasteiger charge is 2.44. The predicted molar refractivity (Wildman–Crippen MR) is 92.2 cm³/mol. The number of ether oxygens (including phenoxy) is 2. The zero-order chi connectivity index (χ0) is 18.0. The lowest BCUT2D eigenvalue weighted by atomic mass is 9.75. The molecular formula is C20H20O5. The van der Waals surface area contributed by atoms with E-state index in [4.69, 9.17) is 9.47 Å². The van der Waals surface area contributed by atoms with E-state index < -0.39 is 11.4 Å². The first-order valence-corrected chi connectivity index (χ1v) is 8.16. The number of hydrogen-bond acceptors (Lipinski definition) is 5. The van der Waals surface area contributed by atoms with E-state index in [0.717, 1.165) is 5.56 Å². The summed E-state index contributed by atoms with van der Waals surface area (Å²) in [4.78, 5) is 24.5. The molecule has 0 bridgehead atoms. The summed E-state index contributed by atoms with van der Waals surface area (Å²) in [5.74, 6) is -0.207. The fourth-order valence-corrected chi connectivity index (χ4v) is 3.26. The van der Waals surface area contributed by atoms with Crippen molar-refractivity contribution in [2.45, 2.75) is 18.8 Å². The molecule has 0 spiro atoms. The number of aliphatic hydroxyl groups excluding tert-OH is 1. The minimum atomic E-state index is -0.816. The number of hydrogen-bond donors (Lipinski definition) is 1. The Bertz CT molecular complexity index is 812. The minimum Gasteiger partial charge on any atom is -0.491 e. The largest absolute Gasteiger partial charge is 0.491 e. The average molecular weight is 340 g/mol. The highest BCUT2D eigenvalue weighted by atomic mass is 16.5. The first kappa shape index (κ1) is 17.2. The topological polar surface area (TPSA) is 72.8 Å². The molecule has 1 aliphatic heterocycles. The van der Waals surface area contributed by atoms with Gasteiger partial charge in [-0.25, -0.2) is 4.79 Å².